The lowest BCUT2D eigenvalue weighted by Crippen LogP contribution is -2.43. The zero-order valence-corrected chi connectivity index (χ0v) is 5.97. The first-order valence-electron chi connectivity index (χ1n) is 2.48. The Morgan fingerprint density at radius 1 is 1.70 bits per heavy atom. The van der Waals surface area contributed by atoms with Crippen molar-refractivity contribution in [2.75, 3.05) is 5.75 Å². The highest BCUT2D eigenvalue weighted by Gasteiger charge is 2.12. The topological polar surface area (TPSA) is 92.4 Å². The van der Waals surface area contributed by atoms with Crippen molar-refractivity contribution in [1.82, 2.24) is 5.32 Å². The van der Waals surface area contributed by atoms with Crippen molar-refractivity contribution in [3.8, 4) is 0 Å². The van der Waals surface area contributed by atoms with Gasteiger partial charge in [-0.2, -0.15) is 12.6 Å². The van der Waals surface area contributed by atoms with Crippen LogP contribution in [-0.2, 0) is 4.79 Å². The molecule has 6 heteroatoms. The number of carbonyl (C=O) groups excluding carboxylic acids is 1. The Morgan fingerprint density at radius 2 is 2.20 bits per heavy atom. The predicted octanol–water partition coefficient (Wildman–Crippen LogP) is -0.962. The fraction of sp³-hybridized carbons (Fsp3) is 0.500. The molecule has 2 amide bonds. The van der Waals surface area contributed by atoms with Gasteiger partial charge in [0.1, 0.15) is 0 Å². The number of carbonyl (C=O) groups is 2. The molecule has 0 saturated carbocycles. The third-order valence-electron chi connectivity index (χ3n) is 0.764. The van der Waals surface area contributed by atoms with Crippen LogP contribution >= 0.6 is 12.6 Å². The molecule has 4 N–H and O–H groups in total. The van der Waals surface area contributed by atoms with Crippen molar-refractivity contribution >= 4 is 24.6 Å². The van der Waals surface area contributed by atoms with Gasteiger partial charge >= 0.3 is 6.09 Å². The maximum atomic E-state index is 10.5. The molecule has 0 aliphatic rings. The summed E-state index contributed by atoms with van der Waals surface area (Å²) in [5.41, 5.74) is 5.11. The van der Waals surface area contributed by atoms with Gasteiger partial charge in [-0.05, 0) is 0 Å². The normalized spacial score (nSPS) is 12.2. The van der Waals surface area contributed by atoms with Crippen LogP contribution in [0.25, 0.3) is 0 Å². The lowest BCUT2D eigenvalue weighted by molar-refractivity contribution is -0.121. The second-order valence-electron chi connectivity index (χ2n) is 1.58. The summed E-state index contributed by atoms with van der Waals surface area (Å²) in [5.74, 6) is -0.610. The molecule has 0 aromatic heterocycles. The van der Waals surface area contributed by atoms with Crippen LogP contribution in [0.4, 0.5) is 4.79 Å². The highest BCUT2D eigenvalue weighted by Crippen LogP contribution is 1.82. The van der Waals surface area contributed by atoms with Gasteiger partial charge in [0.25, 0.3) is 0 Å². The Labute approximate surface area is 63.0 Å². The summed E-state index contributed by atoms with van der Waals surface area (Å²) in [4.78, 5) is 20.3. The second-order valence-corrected chi connectivity index (χ2v) is 1.95. The molecule has 0 radical (unpaired) electrons. The number of thiol groups is 1. The van der Waals surface area contributed by atoms with E-state index in [1.165, 1.54) is 0 Å². The molecule has 1 unspecified atom stereocenters. The quantitative estimate of drug-likeness (QED) is 0.395. The Balaban J connectivity index is 3.73. The van der Waals surface area contributed by atoms with Gasteiger partial charge in [-0.3, -0.25) is 10.1 Å². The number of nitrogens with one attached hydrogen (secondary N) is 1. The molecule has 58 valence electrons. The second kappa shape index (κ2) is 4.13. The summed E-state index contributed by atoms with van der Waals surface area (Å²) >= 11 is 3.70. The van der Waals surface area contributed by atoms with Crippen LogP contribution in [0.3, 0.4) is 0 Å². The van der Waals surface area contributed by atoms with Crippen molar-refractivity contribution in [3.05, 3.63) is 0 Å². The maximum Gasteiger partial charge on any atom is 0.411 e. The fourth-order valence-corrected chi connectivity index (χ4v) is 0.447. The summed E-state index contributed by atoms with van der Waals surface area (Å²) in [6, 6.07) is -0.862. The molecule has 0 spiro atoms. The van der Waals surface area contributed by atoms with E-state index in [1.54, 1.807) is 5.32 Å². The van der Waals surface area contributed by atoms with Crippen LogP contribution in [0.1, 0.15) is 0 Å². The van der Waals surface area contributed by atoms with Gasteiger partial charge < -0.3 is 10.8 Å². The standard InChI is InChI=1S/C4H8N2O3S/c5-2(1-10)3(7)6-4(8)9/h2,10H,1,5H2,(H,6,7)(H,8,9). The van der Waals surface area contributed by atoms with Crippen molar-refractivity contribution in [2.45, 2.75) is 6.04 Å². The number of carboxylic acid groups (broad SMARTS) is 1. The van der Waals surface area contributed by atoms with Crippen molar-refractivity contribution in [2.24, 2.45) is 5.73 Å². The molecule has 0 aromatic rings. The Morgan fingerprint density at radius 3 is 2.50 bits per heavy atom. The van der Waals surface area contributed by atoms with Crippen LogP contribution in [0.5, 0.6) is 0 Å². The van der Waals surface area contributed by atoms with E-state index >= 15 is 0 Å². The molecule has 0 bridgehead atoms. The number of nitrogens with two attached hydrogens (primary N) is 1. The van der Waals surface area contributed by atoms with E-state index in [4.69, 9.17) is 10.8 Å². The average molecular weight is 164 g/mol. The smallest absolute Gasteiger partial charge is 0.411 e. The largest absolute Gasteiger partial charge is 0.465 e. The summed E-state index contributed by atoms with van der Waals surface area (Å²) in [6.45, 7) is 0. The van der Waals surface area contributed by atoms with E-state index in [9.17, 15) is 9.59 Å². The van der Waals surface area contributed by atoms with Gasteiger partial charge in [-0.15, -0.1) is 0 Å². The summed E-state index contributed by atoms with van der Waals surface area (Å²) in [7, 11) is 0. The van der Waals surface area contributed by atoms with Crippen molar-refractivity contribution < 1.29 is 14.7 Å². The zero-order chi connectivity index (χ0) is 8.15. The lowest BCUT2D eigenvalue weighted by atomic mass is 10.3. The molecule has 0 rings (SSSR count). The van der Waals surface area contributed by atoms with Crippen LogP contribution in [0, 0.1) is 0 Å². The third kappa shape index (κ3) is 3.31. The summed E-state index contributed by atoms with van der Waals surface area (Å²) < 4.78 is 0. The summed E-state index contributed by atoms with van der Waals surface area (Å²) in [5, 5.41) is 9.61. The van der Waals surface area contributed by atoms with E-state index in [-0.39, 0.29) is 5.75 Å². The van der Waals surface area contributed by atoms with Gasteiger partial charge in [-0.1, -0.05) is 0 Å². The fourth-order valence-electron chi connectivity index (χ4n) is 0.281. The van der Waals surface area contributed by atoms with Crippen molar-refractivity contribution in [1.29, 1.82) is 0 Å². The molecule has 0 fully saturated rings. The zero-order valence-electron chi connectivity index (χ0n) is 5.07. The molecule has 0 aromatic carbocycles. The van der Waals surface area contributed by atoms with E-state index in [1.807, 2.05) is 0 Å². The monoisotopic (exact) mass is 164 g/mol. The Kier molecular flexibility index (Phi) is 3.82. The molecule has 0 aliphatic carbocycles. The van der Waals surface area contributed by atoms with Crippen LogP contribution in [0.2, 0.25) is 0 Å². The molecule has 5 nitrogen and oxygen atoms in total. The number of imide groups is 1. The maximum absolute atomic E-state index is 10.5. The lowest BCUT2D eigenvalue weighted by Gasteiger charge is -2.04. The number of hydrogen-bond donors (Lipinski definition) is 4. The first kappa shape index (κ1) is 9.25. The van der Waals surface area contributed by atoms with Gasteiger partial charge in [0.05, 0.1) is 6.04 Å². The molecule has 0 saturated heterocycles. The molecule has 10 heavy (non-hydrogen) atoms. The molecular formula is C4H8N2O3S. The summed E-state index contributed by atoms with van der Waals surface area (Å²) in [6.07, 6.45) is -1.40. The molecule has 1 atom stereocenters. The molecule has 0 heterocycles. The van der Waals surface area contributed by atoms with Crippen LogP contribution in [-0.4, -0.2) is 28.9 Å². The molecule has 0 aliphatic heterocycles. The predicted molar refractivity (Wildman–Crippen MR) is 38.0 cm³/mol. The van der Waals surface area contributed by atoms with E-state index in [2.05, 4.69) is 12.6 Å². The van der Waals surface area contributed by atoms with Gasteiger partial charge in [0.2, 0.25) is 5.91 Å². The number of amides is 2. The van der Waals surface area contributed by atoms with Gasteiger partial charge in [-0.25, -0.2) is 4.79 Å². The van der Waals surface area contributed by atoms with Crippen LogP contribution in [0.15, 0.2) is 0 Å². The van der Waals surface area contributed by atoms with Gasteiger partial charge in [0.15, 0.2) is 0 Å². The third-order valence-corrected chi connectivity index (χ3v) is 1.16. The number of rotatable bonds is 2. The minimum atomic E-state index is -1.40. The average Bonchev–Trinajstić information content (AvgIpc) is 1.85. The van der Waals surface area contributed by atoms with Crippen molar-refractivity contribution in [3.63, 3.8) is 0 Å². The molecular weight excluding hydrogens is 156 g/mol. The van der Waals surface area contributed by atoms with E-state index < -0.39 is 18.0 Å². The van der Waals surface area contributed by atoms with E-state index in [0.717, 1.165) is 0 Å². The minimum Gasteiger partial charge on any atom is -0.465 e. The first-order chi connectivity index (χ1) is 4.57. The highest BCUT2D eigenvalue weighted by atomic mass is 32.1. The van der Waals surface area contributed by atoms with E-state index in [0.29, 0.717) is 0 Å². The Bertz CT molecular complexity index is 149. The first-order valence-corrected chi connectivity index (χ1v) is 3.11. The highest BCUT2D eigenvalue weighted by molar-refractivity contribution is 7.80. The Hall–Kier alpha value is -0.750. The SMILES string of the molecule is NC(CS)C(=O)NC(=O)O. The minimum absolute atomic E-state index is 0.124. The number of hydrogen-bond acceptors (Lipinski definition) is 4. The van der Waals surface area contributed by atoms with Gasteiger partial charge in [0, 0.05) is 5.75 Å². The van der Waals surface area contributed by atoms with Crippen LogP contribution < -0.4 is 11.1 Å².